The van der Waals surface area contributed by atoms with Crippen LogP contribution in [0, 0.1) is 13.8 Å². The minimum Gasteiger partial charge on any atom is -0.123 e. The van der Waals surface area contributed by atoms with Crippen LogP contribution in [0.2, 0.25) is 0 Å². The van der Waals surface area contributed by atoms with Crippen molar-refractivity contribution in [2.45, 2.75) is 47.5 Å². The van der Waals surface area contributed by atoms with Gasteiger partial charge in [0, 0.05) is 20.3 Å². The molecule has 0 aliphatic carbocycles. The number of fused-ring (bicyclic) bond motifs is 1. The fraction of sp³-hybridized carbons (Fsp3) is 0.333. The van der Waals surface area contributed by atoms with Crippen LogP contribution in [0.15, 0.2) is 52.3 Å². The highest BCUT2D eigenvalue weighted by Crippen LogP contribution is 2.49. The fourth-order valence-electron chi connectivity index (χ4n) is 2.61. The molecule has 2 atom stereocenters. The summed E-state index contributed by atoms with van der Waals surface area (Å²) in [5.41, 5.74) is 4.23. The highest BCUT2D eigenvalue weighted by atomic mass is 32.2. The Balaban J connectivity index is 1.90. The van der Waals surface area contributed by atoms with E-state index in [2.05, 4.69) is 63.2 Å². The summed E-state index contributed by atoms with van der Waals surface area (Å²) in [5.74, 6) is 0. The molecule has 20 heavy (non-hydrogen) atoms. The van der Waals surface area contributed by atoms with Gasteiger partial charge in [-0.3, -0.25) is 0 Å². The van der Waals surface area contributed by atoms with Gasteiger partial charge in [0.25, 0.3) is 0 Å². The van der Waals surface area contributed by atoms with E-state index in [1.807, 2.05) is 23.5 Å². The molecule has 0 saturated carbocycles. The smallest absolute Gasteiger partial charge is 0.0366 e. The molecule has 0 radical (unpaired) electrons. The van der Waals surface area contributed by atoms with Crippen LogP contribution in [0.5, 0.6) is 0 Å². The van der Waals surface area contributed by atoms with Crippen molar-refractivity contribution in [3.05, 3.63) is 59.2 Å². The first-order chi connectivity index (χ1) is 9.61. The molecule has 2 aromatic carbocycles. The van der Waals surface area contributed by atoms with Crippen LogP contribution in [0.25, 0.3) is 0 Å². The maximum absolute atomic E-state index is 2.38. The van der Waals surface area contributed by atoms with Crippen molar-refractivity contribution in [3.63, 3.8) is 0 Å². The van der Waals surface area contributed by atoms with Crippen LogP contribution in [0.4, 0.5) is 0 Å². The van der Waals surface area contributed by atoms with Crippen LogP contribution in [-0.2, 0) is 0 Å². The molecule has 0 bridgehead atoms. The van der Waals surface area contributed by atoms with Crippen molar-refractivity contribution in [1.82, 2.24) is 0 Å². The normalized spacial score (nSPS) is 21.6. The van der Waals surface area contributed by atoms with Crippen molar-refractivity contribution in [2.24, 2.45) is 0 Å². The maximum Gasteiger partial charge on any atom is 0.0366 e. The highest BCUT2D eigenvalue weighted by Gasteiger charge is 2.26. The molecule has 1 aliphatic heterocycles. The summed E-state index contributed by atoms with van der Waals surface area (Å²) in [4.78, 5) is 2.85. The summed E-state index contributed by atoms with van der Waals surface area (Å²) in [7, 11) is 0. The number of hydrogen-bond donors (Lipinski definition) is 0. The Kier molecular flexibility index (Phi) is 4.13. The minimum absolute atomic E-state index is 0.587. The molecule has 0 unspecified atom stereocenters. The summed E-state index contributed by atoms with van der Waals surface area (Å²) < 4.78 is 0. The minimum atomic E-state index is 0.587. The Labute approximate surface area is 130 Å². The van der Waals surface area contributed by atoms with Gasteiger partial charge in [-0.1, -0.05) is 42.3 Å². The maximum atomic E-state index is 2.38. The molecule has 0 spiro atoms. The van der Waals surface area contributed by atoms with E-state index < -0.39 is 0 Å². The molecule has 3 rings (SSSR count). The molecule has 1 heterocycles. The molecule has 0 aromatic heterocycles. The Hall–Kier alpha value is -0.860. The standard InChI is InChI=1S/C18H20S2/c1-12-4-7-15(8-5-12)20-18-11-14(3)19-17-9-6-13(2)10-16(17)18/h4-10,14,18H,11H2,1-3H3/t14-,18-/m1/s1. The van der Waals surface area contributed by atoms with Gasteiger partial charge in [0.1, 0.15) is 0 Å². The predicted octanol–water partition coefficient (Wildman–Crippen LogP) is 6.02. The number of benzene rings is 2. The topological polar surface area (TPSA) is 0 Å². The zero-order valence-corrected chi connectivity index (χ0v) is 13.9. The molecule has 0 nitrogen and oxygen atoms in total. The lowest BCUT2D eigenvalue weighted by molar-refractivity contribution is 0.762. The molecule has 1 aliphatic rings. The van der Waals surface area contributed by atoms with Gasteiger partial charge in [-0.25, -0.2) is 0 Å². The van der Waals surface area contributed by atoms with Gasteiger partial charge in [-0.05, 0) is 44.0 Å². The van der Waals surface area contributed by atoms with Crippen molar-refractivity contribution in [3.8, 4) is 0 Å². The third kappa shape index (κ3) is 3.07. The molecule has 0 fully saturated rings. The van der Waals surface area contributed by atoms with E-state index in [9.17, 15) is 0 Å². The van der Waals surface area contributed by atoms with Gasteiger partial charge in [-0.15, -0.1) is 23.5 Å². The SMILES string of the molecule is Cc1ccc(S[C@@H]2C[C@@H](C)Sc3ccc(C)cc32)cc1. The van der Waals surface area contributed by atoms with E-state index >= 15 is 0 Å². The summed E-state index contributed by atoms with van der Waals surface area (Å²) in [6.07, 6.45) is 1.25. The summed E-state index contributed by atoms with van der Waals surface area (Å²) in [5, 5.41) is 1.29. The molecule has 2 aromatic rings. The van der Waals surface area contributed by atoms with E-state index in [1.165, 1.54) is 32.9 Å². The van der Waals surface area contributed by atoms with Crippen LogP contribution in [0.3, 0.4) is 0 Å². The van der Waals surface area contributed by atoms with Crippen LogP contribution >= 0.6 is 23.5 Å². The molecular weight excluding hydrogens is 280 g/mol. The first-order valence-electron chi connectivity index (χ1n) is 7.12. The second kappa shape index (κ2) is 5.87. The van der Waals surface area contributed by atoms with Crippen LogP contribution < -0.4 is 0 Å². The average molecular weight is 300 g/mol. The Morgan fingerprint density at radius 3 is 2.45 bits per heavy atom. The molecule has 2 heteroatoms. The Morgan fingerprint density at radius 1 is 1.00 bits per heavy atom. The summed E-state index contributed by atoms with van der Waals surface area (Å²) >= 11 is 4.04. The molecule has 0 saturated heterocycles. The fourth-order valence-corrected chi connectivity index (χ4v) is 5.34. The lowest BCUT2D eigenvalue weighted by atomic mass is 10.0. The van der Waals surface area contributed by atoms with Gasteiger partial charge in [0.15, 0.2) is 0 Å². The van der Waals surface area contributed by atoms with Gasteiger partial charge < -0.3 is 0 Å². The highest BCUT2D eigenvalue weighted by molar-refractivity contribution is 8.01. The second-order valence-electron chi connectivity index (χ2n) is 5.62. The summed E-state index contributed by atoms with van der Waals surface area (Å²) in [6.45, 7) is 6.68. The van der Waals surface area contributed by atoms with Crippen molar-refractivity contribution in [1.29, 1.82) is 0 Å². The lowest BCUT2D eigenvalue weighted by Gasteiger charge is -2.29. The zero-order valence-electron chi connectivity index (χ0n) is 12.2. The molecule has 0 N–H and O–H groups in total. The first kappa shape index (κ1) is 14.1. The zero-order chi connectivity index (χ0) is 14.1. The third-order valence-electron chi connectivity index (χ3n) is 3.69. The van der Waals surface area contributed by atoms with Crippen LogP contribution in [-0.4, -0.2) is 5.25 Å². The number of hydrogen-bond acceptors (Lipinski definition) is 2. The van der Waals surface area contributed by atoms with E-state index in [1.54, 1.807) is 0 Å². The Bertz CT molecular complexity index is 601. The number of aryl methyl sites for hydroxylation is 2. The monoisotopic (exact) mass is 300 g/mol. The summed E-state index contributed by atoms with van der Waals surface area (Å²) in [6, 6.07) is 15.8. The Morgan fingerprint density at radius 2 is 1.70 bits per heavy atom. The molecular formula is C18H20S2. The van der Waals surface area contributed by atoms with Gasteiger partial charge in [0.2, 0.25) is 0 Å². The average Bonchev–Trinajstić information content (AvgIpc) is 2.42. The van der Waals surface area contributed by atoms with Crippen molar-refractivity contribution >= 4 is 23.5 Å². The number of thioether (sulfide) groups is 2. The third-order valence-corrected chi connectivity index (χ3v) is 6.18. The van der Waals surface area contributed by atoms with E-state index in [-0.39, 0.29) is 0 Å². The number of rotatable bonds is 2. The van der Waals surface area contributed by atoms with Crippen molar-refractivity contribution in [2.75, 3.05) is 0 Å². The van der Waals surface area contributed by atoms with Gasteiger partial charge >= 0.3 is 0 Å². The first-order valence-corrected chi connectivity index (χ1v) is 8.88. The van der Waals surface area contributed by atoms with Gasteiger partial charge in [0.05, 0.1) is 0 Å². The van der Waals surface area contributed by atoms with Gasteiger partial charge in [-0.2, -0.15) is 0 Å². The predicted molar refractivity (Wildman–Crippen MR) is 90.9 cm³/mol. The van der Waals surface area contributed by atoms with Crippen molar-refractivity contribution < 1.29 is 0 Å². The second-order valence-corrected chi connectivity index (χ2v) is 8.38. The largest absolute Gasteiger partial charge is 0.123 e. The quantitative estimate of drug-likeness (QED) is 0.665. The van der Waals surface area contributed by atoms with Crippen LogP contribution in [0.1, 0.15) is 35.3 Å². The van der Waals surface area contributed by atoms with E-state index in [4.69, 9.17) is 0 Å². The lowest BCUT2D eigenvalue weighted by Crippen LogP contribution is -2.11. The van der Waals surface area contributed by atoms with E-state index in [0.29, 0.717) is 10.5 Å². The molecule has 104 valence electrons. The van der Waals surface area contributed by atoms with E-state index in [0.717, 1.165) is 0 Å². The molecule has 0 amide bonds.